The van der Waals surface area contributed by atoms with Gasteiger partial charge in [0.15, 0.2) is 0 Å². The topological polar surface area (TPSA) is 67.4 Å². The zero-order valence-electron chi connectivity index (χ0n) is 12.1. The molecule has 1 heterocycles. The van der Waals surface area contributed by atoms with Crippen LogP contribution in [0.3, 0.4) is 0 Å². The van der Waals surface area contributed by atoms with Crippen molar-refractivity contribution in [3.8, 4) is 0 Å². The van der Waals surface area contributed by atoms with Gasteiger partial charge in [-0.15, -0.1) is 0 Å². The standard InChI is InChI=1S/C14H21ClN2O3S/c1-2-6-16-9-11-3-4-13(15)14(8-11)21(18,19)17-12-5-7-20-10-12/h3-4,8,12,16-17H,2,5-7,9-10H2,1H3. The van der Waals surface area contributed by atoms with Crippen LogP contribution in [0, 0.1) is 0 Å². The van der Waals surface area contributed by atoms with E-state index >= 15 is 0 Å². The molecule has 0 radical (unpaired) electrons. The van der Waals surface area contributed by atoms with E-state index < -0.39 is 10.0 Å². The van der Waals surface area contributed by atoms with E-state index in [9.17, 15) is 8.42 Å². The molecular formula is C14H21ClN2O3S. The molecule has 7 heteroatoms. The summed E-state index contributed by atoms with van der Waals surface area (Å²) in [6.07, 6.45) is 1.72. The zero-order valence-corrected chi connectivity index (χ0v) is 13.6. The fourth-order valence-corrected chi connectivity index (χ4v) is 3.99. The van der Waals surface area contributed by atoms with E-state index in [1.54, 1.807) is 12.1 Å². The maximum Gasteiger partial charge on any atom is 0.242 e. The summed E-state index contributed by atoms with van der Waals surface area (Å²) >= 11 is 6.06. The van der Waals surface area contributed by atoms with E-state index in [4.69, 9.17) is 16.3 Å². The SMILES string of the molecule is CCCNCc1ccc(Cl)c(S(=O)(=O)NC2CCOC2)c1. The van der Waals surface area contributed by atoms with E-state index in [2.05, 4.69) is 17.0 Å². The third kappa shape index (κ3) is 4.66. The molecule has 0 aliphatic carbocycles. The number of hydrogen-bond acceptors (Lipinski definition) is 4. The van der Waals surface area contributed by atoms with Gasteiger partial charge in [0.2, 0.25) is 10.0 Å². The van der Waals surface area contributed by atoms with Crippen LogP contribution in [-0.2, 0) is 21.3 Å². The van der Waals surface area contributed by atoms with Gasteiger partial charge < -0.3 is 10.1 Å². The van der Waals surface area contributed by atoms with Crippen LogP contribution in [0.4, 0.5) is 0 Å². The molecule has 1 atom stereocenters. The van der Waals surface area contributed by atoms with E-state index in [-0.39, 0.29) is 16.0 Å². The minimum Gasteiger partial charge on any atom is -0.380 e. The molecule has 1 aromatic rings. The summed E-state index contributed by atoms with van der Waals surface area (Å²) in [5.74, 6) is 0. The monoisotopic (exact) mass is 332 g/mol. The first-order chi connectivity index (χ1) is 10.0. The number of hydrogen-bond donors (Lipinski definition) is 2. The maximum absolute atomic E-state index is 12.4. The maximum atomic E-state index is 12.4. The quantitative estimate of drug-likeness (QED) is 0.748. The molecule has 1 unspecified atom stereocenters. The Balaban J connectivity index is 2.14. The van der Waals surface area contributed by atoms with Gasteiger partial charge in [0.1, 0.15) is 4.90 Å². The molecule has 1 fully saturated rings. The Morgan fingerprint density at radius 2 is 2.24 bits per heavy atom. The van der Waals surface area contributed by atoms with Crippen LogP contribution in [0.1, 0.15) is 25.3 Å². The number of ether oxygens (including phenoxy) is 1. The van der Waals surface area contributed by atoms with Gasteiger partial charge in [-0.2, -0.15) is 0 Å². The summed E-state index contributed by atoms with van der Waals surface area (Å²) in [6.45, 7) is 4.59. The molecule has 0 bridgehead atoms. The smallest absolute Gasteiger partial charge is 0.242 e. The molecule has 0 amide bonds. The highest BCUT2D eigenvalue weighted by atomic mass is 35.5. The van der Waals surface area contributed by atoms with Gasteiger partial charge >= 0.3 is 0 Å². The molecule has 0 saturated carbocycles. The molecule has 1 aromatic carbocycles. The Labute approximate surface area is 131 Å². The van der Waals surface area contributed by atoms with Gasteiger partial charge in [-0.3, -0.25) is 0 Å². The Morgan fingerprint density at radius 3 is 2.90 bits per heavy atom. The molecule has 2 rings (SSSR count). The molecule has 1 saturated heterocycles. The zero-order chi connectivity index (χ0) is 15.3. The van der Waals surface area contributed by atoms with E-state index in [1.807, 2.05) is 6.07 Å². The van der Waals surface area contributed by atoms with Crippen LogP contribution < -0.4 is 10.0 Å². The summed E-state index contributed by atoms with van der Waals surface area (Å²) in [5, 5.41) is 3.48. The van der Waals surface area contributed by atoms with Crippen LogP contribution in [0.25, 0.3) is 0 Å². The third-order valence-corrected chi connectivity index (χ3v) is 5.29. The van der Waals surface area contributed by atoms with Crippen molar-refractivity contribution in [3.05, 3.63) is 28.8 Å². The van der Waals surface area contributed by atoms with Crippen molar-refractivity contribution < 1.29 is 13.2 Å². The van der Waals surface area contributed by atoms with Gasteiger partial charge in [-0.1, -0.05) is 24.6 Å². The summed E-state index contributed by atoms with van der Waals surface area (Å²) < 4.78 is 32.7. The number of halogens is 1. The largest absolute Gasteiger partial charge is 0.380 e. The lowest BCUT2D eigenvalue weighted by Crippen LogP contribution is -2.35. The molecule has 0 aromatic heterocycles. The Hall–Kier alpha value is -0.660. The van der Waals surface area contributed by atoms with Crippen LogP contribution >= 0.6 is 11.6 Å². The fourth-order valence-electron chi connectivity index (χ4n) is 2.18. The second kappa shape index (κ2) is 7.56. The first-order valence-electron chi connectivity index (χ1n) is 7.12. The fraction of sp³-hybridized carbons (Fsp3) is 0.571. The lowest BCUT2D eigenvalue weighted by Gasteiger charge is -2.13. The average Bonchev–Trinajstić information content (AvgIpc) is 2.93. The van der Waals surface area contributed by atoms with Crippen molar-refractivity contribution >= 4 is 21.6 Å². The molecule has 1 aliphatic rings. The summed E-state index contributed by atoms with van der Waals surface area (Å²) in [6, 6.07) is 4.92. The molecule has 2 N–H and O–H groups in total. The molecule has 1 aliphatic heterocycles. The highest BCUT2D eigenvalue weighted by Gasteiger charge is 2.25. The highest BCUT2D eigenvalue weighted by molar-refractivity contribution is 7.89. The van der Waals surface area contributed by atoms with Gasteiger partial charge in [0, 0.05) is 19.2 Å². The van der Waals surface area contributed by atoms with Gasteiger partial charge in [-0.05, 0) is 37.1 Å². The number of sulfonamides is 1. The van der Waals surface area contributed by atoms with Gasteiger partial charge in [-0.25, -0.2) is 13.1 Å². The normalized spacial score (nSPS) is 19.0. The van der Waals surface area contributed by atoms with Crippen LogP contribution in [0.2, 0.25) is 5.02 Å². The van der Waals surface area contributed by atoms with E-state index in [1.165, 1.54) is 0 Å². The van der Waals surface area contributed by atoms with Crippen molar-refractivity contribution in [3.63, 3.8) is 0 Å². The lowest BCUT2D eigenvalue weighted by molar-refractivity contribution is 0.192. The second-order valence-corrected chi connectivity index (χ2v) is 7.21. The Morgan fingerprint density at radius 1 is 1.43 bits per heavy atom. The van der Waals surface area contributed by atoms with Crippen molar-refractivity contribution in [1.82, 2.24) is 10.0 Å². The molecule has 21 heavy (non-hydrogen) atoms. The van der Waals surface area contributed by atoms with Gasteiger partial charge in [0.05, 0.1) is 11.6 Å². The predicted octanol–water partition coefficient (Wildman–Crippen LogP) is 1.91. The third-order valence-electron chi connectivity index (χ3n) is 3.29. The first kappa shape index (κ1) is 16.7. The van der Waals surface area contributed by atoms with Crippen molar-refractivity contribution in [1.29, 1.82) is 0 Å². The summed E-state index contributed by atoms with van der Waals surface area (Å²) in [4.78, 5) is 0.131. The summed E-state index contributed by atoms with van der Waals surface area (Å²) in [7, 11) is -3.62. The summed E-state index contributed by atoms with van der Waals surface area (Å²) in [5.41, 5.74) is 0.899. The number of nitrogens with one attached hydrogen (secondary N) is 2. The van der Waals surface area contributed by atoms with Crippen LogP contribution in [0.15, 0.2) is 23.1 Å². The molecule has 0 spiro atoms. The molecular weight excluding hydrogens is 312 g/mol. The second-order valence-electron chi connectivity index (χ2n) is 5.12. The Kier molecular flexibility index (Phi) is 6.01. The van der Waals surface area contributed by atoms with Crippen LogP contribution in [-0.4, -0.2) is 34.2 Å². The Bertz CT molecular complexity index is 572. The van der Waals surface area contributed by atoms with E-state index in [0.29, 0.717) is 26.2 Å². The van der Waals surface area contributed by atoms with E-state index in [0.717, 1.165) is 18.5 Å². The minimum absolute atomic E-state index is 0.131. The first-order valence-corrected chi connectivity index (χ1v) is 8.98. The molecule has 118 valence electrons. The van der Waals surface area contributed by atoms with Crippen molar-refractivity contribution in [2.75, 3.05) is 19.8 Å². The van der Waals surface area contributed by atoms with Crippen molar-refractivity contribution in [2.45, 2.75) is 37.2 Å². The predicted molar refractivity (Wildman–Crippen MR) is 83.0 cm³/mol. The minimum atomic E-state index is -3.62. The van der Waals surface area contributed by atoms with Gasteiger partial charge in [0.25, 0.3) is 0 Å². The lowest BCUT2D eigenvalue weighted by atomic mass is 10.2. The molecule has 5 nitrogen and oxygen atoms in total. The van der Waals surface area contributed by atoms with Crippen LogP contribution in [0.5, 0.6) is 0 Å². The van der Waals surface area contributed by atoms with Crippen molar-refractivity contribution in [2.24, 2.45) is 0 Å². The highest BCUT2D eigenvalue weighted by Crippen LogP contribution is 2.23. The number of rotatable bonds is 7. The average molecular weight is 333 g/mol. The number of benzene rings is 1.